The molecular formula is C15H25N3O2. The van der Waals surface area contributed by atoms with Gasteiger partial charge in [0.2, 0.25) is 5.91 Å². The maximum Gasteiger partial charge on any atom is 0.248 e. The van der Waals surface area contributed by atoms with Crippen LogP contribution in [0.3, 0.4) is 0 Å². The summed E-state index contributed by atoms with van der Waals surface area (Å²) in [5, 5.41) is 0. The van der Waals surface area contributed by atoms with Crippen LogP contribution in [-0.2, 0) is 22.6 Å². The molecule has 0 spiro atoms. The monoisotopic (exact) mass is 279 g/mol. The summed E-state index contributed by atoms with van der Waals surface area (Å²) in [5.41, 5.74) is 1.31. The minimum atomic E-state index is 0.0121. The molecule has 0 aromatic carbocycles. The lowest BCUT2D eigenvalue weighted by molar-refractivity contribution is -0.136. The van der Waals surface area contributed by atoms with Gasteiger partial charge in [-0.1, -0.05) is 0 Å². The Bertz CT molecular complexity index is 454. The van der Waals surface area contributed by atoms with Crippen molar-refractivity contribution in [2.75, 3.05) is 27.2 Å². The van der Waals surface area contributed by atoms with Crippen LogP contribution in [0.4, 0.5) is 0 Å². The number of likely N-dealkylation sites (N-methyl/N-ethyl adjacent to an activating group) is 1. The highest BCUT2D eigenvalue weighted by Gasteiger charge is 2.24. The molecule has 112 valence electrons. The lowest BCUT2D eigenvalue weighted by Gasteiger charge is -2.27. The van der Waals surface area contributed by atoms with Crippen LogP contribution in [0.15, 0.2) is 18.3 Å². The summed E-state index contributed by atoms with van der Waals surface area (Å²) >= 11 is 0. The fraction of sp³-hybridized carbons (Fsp3) is 0.667. The Morgan fingerprint density at radius 1 is 1.45 bits per heavy atom. The van der Waals surface area contributed by atoms with Crippen molar-refractivity contribution in [2.24, 2.45) is 0 Å². The van der Waals surface area contributed by atoms with E-state index >= 15 is 0 Å². The molecule has 5 nitrogen and oxygen atoms in total. The topological polar surface area (TPSA) is 37.7 Å². The third-order valence-corrected chi connectivity index (χ3v) is 3.80. The first-order chi connectivity index (χ1) is 9.47. The summed E-state index contributed by atoms with van der Waals surface area (Å²) in [6.45, 7) is 7.15. The van der Waals surface area contributed by atoms with Gasteiger partial charge in [-0.25, -0.2) is 0 Å². The van der Waals surface area contributed by atoms with Crippen molar-refractivity contribution in [2.45, 2.75) is 39.1 Å². The maximum absolute atomic E-state index is 11.7. The number of ether oxygens (including phenoxy) is 1. The minimum absolute atomic E-state index is 0.0121. The number of rotatable bonds is 4. The van der Waals surface area contributed by atoms with E-state index in [0.29, 0.717) is 6.04 Å². The van der Waals surface area contributed by atoms with Gasteiger partial charge in [-0.2, -0.15) is 0 Å². The van der Waals surface area contributed by atoms with E-state index in [-0.39, 0.29) is 18.6 Å². The van der Waals surface area contributed by atoms with Gasteiger partial charge in [0.1, 0.15) is 6.61 Å². The molecule has 1 amide bonds. The molecule has 0 saturated heterocycles. The standard InChI is InChI=1S/C15H25N3O2/c1-12(2)18-8-13-6-5-7-17(13)9-14(10-18)20-11-15(19)16(3)4/h5-7,12,14H,8-11H2,1-4H3/t14-/m0/s1. The van der Waals surface area contributed by atoms with Crippen LogP contribution < -0.4 is 0 Å². The Labute approximate surface area is 121 Å². The van der Waals surface area contributed by atoms with Crippen LogP contribution >= 0.6 is 0 Å². The summed E-state index contributed by atoms with van der Waals surface area (Å²) in [6, 6.07) is 4.69. The zero-order chi connectivity index (χ0) is 14.7. The number of carbonyl (C=O) groups excluding carboxylic acids is 1. The smallest absolute Gasteiger partial charge is 0.248 e. The summed E-state index contributed by atoms with van der Waals surface area (Å²) in [4.78, 5) is 15.6. The molecule has 1 aromatic rings. The van der Waals surface area contributed by atoms with E-state index in [4.69, 9.17) is 4.74 Å². The van der Waals surface area contributed by atoms with E-state index in [0.717, 1.165) is 19.6 Å². The molecule has 1 atom stereocenters. The average molecular weight is 279 g/mol. The van der Waals surface area contributed by atoms with Crippen molar-refractivity contribution >= 4 is 5.91 Å². The lowest BCUT2D eigenvalue weighted by atomic mass is 10.2. The molecule has 1 aliphatic heterocycles. The summed E-state index contributed by atoms with van der Waals surface area (Å²) in [6.07, 6.45) is 2.14. The molecule has 2 rings (SSSR count). The Morgan fingerprint density at radius 2 is 2.20 bits per heavy atom. The van der Waals surface area contributed by atoms with Gasteiger partial charge in [-0.3, -0.25) is 9.69 Å². The Hall–Kier alpha value is -1.33. The number of fused-ring (bicyclic) bond motifs is 1. The highest BCUT2D eigenvalue weighted by Crippen LogP contribution is 2.17. The van der Waals surface area contributed by atoms with Crippen LogP contribution in [-0.4, -0.2) is 59.7 Å². The minimum Gasteiger partial charge on any atom is -0.365 e. The van der Waals surface area contributed by atoms with Crippen molar-refractivity contribution in [3.05, 3.63) is 24.0 Å². The molecule has 0 N–H and O–H groups in total. The molecule has 0 unspecified atom stereocenters. The van der Waals surface area contributed by atoms with Crippen molar-refractivity contribution in [1.29, 1.82) is 0 Å². The van der Waals surface area contributed by atoms with Crippen LogP contribution in [0.2, 0.25) is 0 Å². The summed E-state index contributed by atoms with van der Waals surface area (Å²) in [5.74, 6) is 0.0121. The number of hydrogen-bond donors (Lipinski definition) is 0. The molecule has 5 heteroatoms. The van der Waals surface area contributed by atoms with Gasteiger partial charge in [0.05, 0.1) is 6.10 Å². The third kappa shape index (κ3) is 3.61. The Balaban J connectivity index is 2.03. The molecule has 0 radical (unpaired) electrons. The first-order valence-electron chi connectivity index (χ1n) is 7.17. The first kappa shape index (κ1) is 15.1. The molecule has 1 aliphatic rings. The molecule has 1 aromatic heterocycles. The van der Waals surface area contributed by atoms with Gasteiger partial charge in [-0.05, 0) is 26.0 Å². The van der Waals surface area contributed by atoms with E-state index < -0.39 is 0 Å². The molecule has 0 bridgehead atoms. The fourth-order valence-electron chi connectivity index (χ4n) is 2.40. The zero-order valence-electron chi connectivity index (χ0n) is 12.9. The zero-order valence-corrected chi connectivity index (χ0v) is 12.9. The quantitative estimate of drug-likeness (QED) is 0.831. The predicted octanol–water partition coefficient (Wildman–Crippen LogP) is 1.19. The maximum atomic E-state index is 11.7. The number of carbonyl (C=O) groups is 1. The third-order valence-electron chi connectivity index (χ3n) is 3.80. The van der Waals surface area contributed by atoms with Gasteiger partial charge in [-0.15, -0.1) is 0 Å². The van der Waals surface area contributed by atoms with Crippen LogP contribution in [0.1, 0.15) is 19.5 Å². The molecule has 0 fully saturated rings. The van der Waals surface area contributed by atoms with Crippen LogP contribution in [0.5, 0.6) is 0 Å². The van der Waals surface area contributed by atoms with Crippen LogP contribution in [0.25, 0.3) is 0 Å². The lowest BCUT2D eigenvalue weighted by Crippen LogP contribution is -2.39. The van der Waals surface area contributed by atoms with Gasteiger partial charge >= 0.3 is 0 Å². The fourth-order valence-corrected chi connectivity index (χ4v) is 2.40. The second kappa shape index (κ2) is 6.41. The number of hydrogen-bond acceptors (Lipinski definition) is 3. The summed E-state index contributed by atoms with van der Waals surface area (Å²) < 4.78 is 8.07. The number of amides is 1. The van der Waals surface area contributed by atoms with Gasteiger partial charge in [0.15, 0.2) is 0 Å². The first-order valence-corrected chi connectivity index (χ1v) is 7.17. The van der Waals surface area contributed by atoms with E-state index in [1.54, 1.807) is 19.0 Å². The summed E-state index contributed by atoms with van der Waals surface area (Å²) in [7, 11) is 3.51. The second-order valence-corrected chi connectivity index (χ2v) is 5.90. The van der Waals surface area contributed by atoms with E-state index in [1.165, 1.54) is 5.69 Å². The van der Waals surface area contributed by atoms with Gasteiger partial charge in [0, 0.05) is 51.7 Å². The van der Waals surface area contributed by atoms with Crippen molar-refractivity contribution in [3.63, 3.8) is 0 Å². The molecule has 0 saturated carbocycles. The number of nitrogens with zero attached hydrogens (tertiary/aromatic N) is 3. The van der Waals surface area contributed by atoms with E-state index in [1.807, 2.05) is 0 Å². The average Bonchev–Trinajstić information content (AvgIpc) is 2.73. The molecule has 0 aliphatic carbocycles. The Morgan fingerprint density at radius 3 is 2.85 bits per heavy atom. The highest BCUT2D eigenvalue weighted by atomic mass is 16.5. The largest absolute Gasteiger partial charge is 0.365 e. The van der Waals surface area contributed by atoms with Crippen molar-refractivity contribution in [3.8, 4) is 0 Å². The van der Waals surface area contributed by atoms with Gasteiger partial charge < -0.3 is 14.2 Å². The SMILES string of the molecule is CC(C)N1Cc2cccn2C[C@H](OCC(=O)N(C)C)C1. The van der Waals surface area contributed by atoms with E-state index in [2.05, 4.69) is 41.6 Å². The predicted molar refractivity (Wildman–Crippen MR) is 78.4 cm³/mol. The Kier molecular flexibility index (Phi) is 4.83. The number of aromatic nitrogens is 1. The second-order valence-electron chi connectivity index (χ2n) is 5.90. The van der Waals surface area contributed by atoms with Crippen molar-refractivity contribution < 1.29 is 9.53 Å². The normalized spacial score (nSPS) is 19.8. The van der Waals surface area contributed by atoms with Crippen molar-refractivity contribution in [1.82, 2.24) is 14.4 Å². The molecule has 2 heterocycles. The molecular weight excluding hydrogens is 254 g/mol. The molecule has 20 heavy (non-hydrogen) atoms. The van der Waals surface area contributed by atoms with E-state index in [9.17, 15) is 4.79 Å². The van der Waals surface area contributed by atoms with Gasteiger partial charge in [0.25, 0.3) is 0 Å². The van der Waals surface area contributed by atoms with Crippen LogP contribution in [0, 0.1) is 0 Å². The highest BCUT2D eigenvalue weighted by molar-refractivity contribution is 5.76.